The topological polar surface area (TPSA) is 62.0 Å². The van der Waals surface area contributed by atoms with Crippen molar-refractivity contribution in [2.24, 2.45) is 4.99 Å². The Balaban J connectivity index is 1.54. The molecule has 1 aliphatic heterocycles. The Labute approximate surface area is 230 Å². The normalized spacial score (nSPS) is 16.1. The van der Waals surface area contributed by atoms with Gasteiger partial charge in [-0.05, 0) is 65.4 Å². The molecular weight excluding hydrogens is 508 g/mol. The van der Waals surface area contributed by atoms with Crippen molar-refractivity contribution in [1.29, 1.82) is 0 Å². The highest BCUT2D eigenvalue weighted by Crippen LogP contribution is 2.41. The van der Waals surface area contributed by atoms with Crippen LogP contribution in [0.25, 0.3) is 11.8 Å². The lowest BCUT2D eigenvalue weighted by Gasteiger charge is -2.31. The second-order valence-corrected chi connectivity index (χ2v) is 10.4. The van der Waals surface area contributed by atoms with Gasteiger partial charge in [0, 0.05) is 5.56 Å². The maximum absolute atomic E-state index is 14.0. The molecule has 1 aliphatic carbocycles. The van der Waals surface area contributed by atoms with Crippen LogP contribution < -0.4 is 29.1 Å². The van der Waals surface area contributed by atoms with Crippen molar-refractivity contribution in [2.75, 3.05) is 20.8 Å². The Morgan fingerprint density at radius 3 is 2.72 bits per heavy atom. The largest absolute Gasteiger partial charge is 0.497 e. The van der Waals surface area contributed by atoms with Crippen LogP contribution in [0.3, 0.4) is 0 Å². The molecule has 6 nitrogen and oxygen atoms in total. The number of hydrogen-bond donors (Lipinski definition) is 0. The second kappa shape index (κ2) is 10.4. The third-order valence-electron chi connectivity index (χ3n) is 7.12. The molecule has 1 atom stereocenters. The number of rotatable bonds is 7. The maximum atomic E-state index is 14.0. The minimum absolute atomic E-state index is 0.0667. The van der Waals surface area contributed by atoms with E-state index in [9.17, 15) is 4.79 Å². The maximum Gasteiger partial charge on any atom is 0.271 e. The molecule has 7 heteroatoms. The van der Waals surface area contributed by atoms with Crippen LogP contribution in [-0.2, 0) is 6.42 Å². The number of methoxy groups -OCH3 is 2. The van der Waals surface area contributed by atoms with Gasteiger partial charge in [-0.2, -0.15) is 0 Å². The monoisotopic (exact) mass is 536 g/mol. The zero-order valence-corrected chi connectivity index (χ0v) is 22.7. The number of allylic oxidation sites excluding steroid dienone is 1. The lowest BCUT2D eigenvalue weighted by atomic mass is 9.83. The molecule has 1 aromatic heterocycles. The first-order valence-electron chi connectivity index (χ1n) is 12.8. The van der Waals surface area contributed by atoms with Crippen LogP contribution in [-0.4, -0.2) is 25.4 Å². The summed E-state index contributed by atoms with van der Waals surface area (Å²) in [5, 5.41) is 0. The summed E-state index contributed by atoms with van der Waals surface area (Å²) in [6.45, 7) is 4.08. The number of fused-ring (bicyclic) bond motifs is 3. The van der Waals surface area contributed by atoms with Crippen molar-refractivity contribution in [3.63, 3.8) is 0 Å². The molecule has 196 valence electrons. The van der Waals surface area contributed by atoms with Crippen molar-refractivity contribution in [1.82, 2.24) is 4.57 Å². The Hall–Kier alpha value is -4.36. The van der Waals surface area contributed by atoms with E-state index in [0.29, 0.717) is 27.4 Å². The summed E-state index contributed by atoms with van der Waals surface area (Å²) in [6.07, 6.45) is 5.33. The molecule has 3 aromatic carbocycles. The fourth-order valence-corrected chi connectivity index (χ4v) is 6.33. The first kappa shape index (κ1) is 24.9. The van der Waals surface area contributed by atoms with Crippen LogP contribution in [0.5, 0.6) is 17.2 Å². The molecule has 0 saturated carbocycles. The molecule has 0 fully saturated rings. The van der Waals surface area contributed by atoms with E-state index in [1.807, 2.05) is 47.0 Å². The number of hydrogen-bond acceptors (Lipinski definition) is 6. The summed E-state index contributed by atoms with van der Waals surface area (Å²) < 4.78 is 19.2. The van der Waals surface area contributed by atoms with Gasteiger partial charge in [0.1, 0.15) is 12.4 Å². The SMILES string of the molecule is C=CCOc1ccc(C=c2sc3n(c2=O)C(c2cccc(OC)c2)C2=C(N=3)c3ccccc3CC2)cc1OC. The highest BCUT2D eigenvalue weighted by Gasteiger charge is 2.32. The number of nitrogens with zero attached hydrogens (tertiary/aromatic N) is 2. The lowest BCUT2D eigenvalue weighted by Crippen LogP contribution is -2.38. The van der Waals surface area contributed by atoms with E-state index in [1.54, 1.807) is 20.3 Å². The molecule has 39 heavy (non-hydrogen) atoms. The molecule has 0 amide bonds. The average Bonchev–Trinajstić information content (AvgIpc) is 3.29. The van der Waals surface area contributed by atoms with E-state index in [1.165, 1.54) is 16.9 Å². The first-order valence-corrected chi connectivity index (χ1v) is 13.6. The predicted molar refractivity (Wildman–Crippen MR) is 154 cm³/mol. The minimum atomic E-state index is -0.258. The van der Waals surface area contributed by atoms with Crippen molar-refractivity contribution in [3.8, 4) is 17.2 Å². The first-order chi connectivity index (χ1) is 19.1. The predicted octanol–water partition coefficient (Wildman–Crippen LogP) is 4.90. The standard InChI is InChI=1S/C32H28N2O4S/c1-4-16-38-26-15-12-20(17-27(26)37-3)18-28-31(35)34-30(22-9-7-10-23(19-22)36-2)25-14-13-21-8-5-6-11-24(21)29(25)33-32(34)39-28/h4-12,15,17-19,30H,1,13-14,16H2,2-3H3. The van der Waals surface area contributed by atoms with E-state index in [4.69, 9.17) is 19.2 Å². The molecule has 2 aliphatic rings. The average molecular weight is 537 g/mol. The molecule has 0 saturated heterocycles. The number of aromatic nitrogens is 1. The minimum Gasteiger partial charge on any atom is -0.497 e. The summed E-state index contributed by atoms with van der Waals surface area (Å²) in [5.74, 6) is 1.98. The van der Waals surface area contributed by atoms with Gasteiger partial charge in [0.2, 0.25) is 0 Å². The van der Waals surface area contributed by atoms with Crippen LogP contribution in [0.15, 0.2) is 94.7 Å². The van der Waals surface area contributed by atoms with Gasteiger partial charge in [-0.1, -0.05) is 66.5 Å². The zero-order chi connectivity index (χ0) is 26.9. The molecular formula is C32H28N2O4S. The van der Waals surface area contributed by atoms with Gasteiger partial charge in [0.15, 0.2) is 16.3 Å². The second-order valence-electron chi connectivity index (χ2n) is 9.40. The summed E-state index contributed by atoms with van der Waals surface area (Å²) in [4.78, 5) is 19.8. The number of thiazole rings is 1. The van der Waals surface area contributed by atoms with Crippen molar-refractivity contribution in [3.05, 3.63) is 127 Å². The Morgan fingerprint density at radius 1 is 1.03 bits per heavy atom. The van der Waals surface area contributed by atoms with Gasteiger partial charge in [0.05, 0.1) is 30.5 Å². The van der Waals surface area contributed by atoms with E-state index >= 15 is 0 Å². The van der Waals surface area contributed by atoms with Crippen LogP contribution in [0.1, 0.15) is 34.7 Å². The fraction of sp³-hybridized carbons (Fsp3) is 0.188. The molecule has 0 radical (unpaired) electrons. The summed E-state index contributed by atoms with van der Waals surface area (Å²) in [6, 6.07) is 21.8. The van der Waals surface area contributed by atoms with Gasteiger partial charge in [0.25, 0.3) is 5.56 Å². The lowest BCUT2D eigenvalue weighted by molar-refractivity contribution is 0.326. The van der Waals surface area contributed by atoms with Gasteiger partial charge >= 0.3 is 0 Å². The van der Waals surface area contributed by atoms with E-state index in [0.717, 1.165) is 46.6 Å². The molecule has 2 heterocycles. The van der Waals surface area contributed by atoms with Crippen molar-refractivity contribution >= 4 is 23.1 Å². The van der Waals surface area contributed by atoms with Gasteiger partial charge < -0.3 is 14.2 Å². The number of ether oxygens (including phenoxy) is 3. The number of aryl methyl sites for hydroxylation is 1. The van der Waals surface area contributed by atoms with Crippen LogP contribution in [0.4, 0.5) is 0 Å². The van der Waals surface area contributed by atoms with Gasteiger partial charge in [-0.15, -0.1) is 0 Å². The van der Waals surface area contributed by atoms with E-state index in [-0.39, 0.29) is 11.6 Å². The van der Waals surface area contributed by atoms with Crippen LogP contribution in [0.2, 0.25) is 0 Å². The van der Waals surface area contributed by atoms with E-state index in [2.05, 4.69) is 36.9 Å². The van der Waals surface area contributed by atoms with Gasteiger partial charge in [-0.25, -0.2) is 4.99 Å². The quantitative estimate of drug-likeness (QED) is 0.315. The highest BCUT2D eigenvalue weighted by atomic mass is 32.1. The molecule has 1 unspecified atom stereocenters. The Morgan fingerprint density at radius 2 is 1.90 bits per heavy atom. The molecule has 0 N–H and O–H groups in total. The van der Waals surface area contributed by atoms with Crippen LogP contribution >= 0.6 is 11.3 Å². The smallest absolute Gasteiger partial charge is 0.271 e. The highest BCUT2D eigenvalue weighted by molar-refractivity contribution is 7.07. The zero-order valence-electron chi connectivity index (χ0n) is 21.8. The van der Waals surface area contributed by atoms with Crippen molar-refractivity contribution in [2.45, 2.75) is 18.9 Å². The van der Waals surface area contributed by atoms with Crippen LogP contribution in [0, 0.1) is 0 Å². The molecule has 4 aromatic rings. The van der Waals surface area contributed by atoms with Gasteiger partial charge in [-0.3, -0.25) is 9.36 Å². The third-order valence-corrected chi connectivity index (χ3v) is 8.11. The third kappa shape index (κ3) is 4.49. The molecule has 0 bridgehead atoms. The van der Waals surface area contributed by atoms with Crippen molar-refractivity contribution < 1.29 is 14.2 Å². The molecule has 0 spiro atoms. The fourth-order valence-electron chi connectivity index (χ4n) is 5.33. The number of benzene rings is 3. The molecule has 6 rings (SSSR count). The Kier molecular flexibility index (Phi) is 6.67. The Bertz CT molecular complexity index is 1800. The summed E-state index contributed by atoms with van der Waals surface area (Å²) in [7, 11) is 3.26. The van der Waals surface area contributed by atoms with E-state index < -0.39 is 0 Å². The summed E-state index contributed by atoms with van der Waals surface area (Å²) >= 11 is 1.40. The summed E-state index contributed by atoms with van der Waals surface area (Å²) in [5.41, 5.74) is 6.35.